The predicted octanol–water partition coefficient (Wildman–Crippen LogP) is 1.87. The maximum Gasteiger partial charge on any atom is 0.254 e. The van der Waals surface area contributed by atoms with Crippen LogP contribution in [0, 0.1) is 0 Å². The number of carbonyl (C=O) groups excluding carboxylic acids is 1. The molecule has 0 unspecified atom stereocenters. The van der Waals surface area contributed by atoms with E-state index < -0.39 is 0 Å². The Hall–Kier alpha value is -1.71. The molecule has 1 aromatic carbocycles. The van der Waals surface area contributed by atoms with Gasteiger partial charge in [0.25, 0.3) is 5.91 Å². The Labute approximate surface area is 102 Å². The first-order chi connectivity index (χ1) is 8.11. The molecule has 1 fully saturated rings. The SMILES string of the molecule is CCCN(C(=O)c1cc(N)cc(N)c1)C1CC1. The van der Waals surface area contributed by atoms with E-state index in [1.54, 1.807) is 18.2 Å². The van der Waals surface area contributed by atoms with Crippen molar-refractivity contribution < 1.29 is 4.79 Å². The van der Waals surface area contributed by atoms with E-state index in [4.69, 9.17) is 11.5 Å². The first-order valence-electron chi connectivity index (χ1n) is 6.09. The average Bonchev–Trinajstić information content (AvgIpc) is 3.07. The van der Waals surface area contributed by atoms with Crippen molar-refractivity contribution in [2.45, 2.75) is 32.2 Å². The molecule has 4 N–H and O–H groups in total. The van der Waals surface area contributed by atoms with Crippen molar-refractivity contribution in [2.75, 3.05) is 18.0 Å². The minimum absolute atomic E-state index is 0.0494. The van der Waals surface area contributed by atoms with E-state index in [-0.39, 0.29) is 5.91 Å². The largest absolute Gasteiger partial charge is 0.399 e. The van der Waals surface area contributed by atoms with E-state index >= 15 is 0 Å². The van der Waals surface area contributed by atoms with Gasteiger partial charge in [0.05, 0.1) is 0 Å². The van der Waals surface area contributed by atoms with Gasteiger partial charge in [-0.2, -0.15) is 0 Å². The topological polar surface area (TPSA) is 72.3 Å². The van der Waals surface area contributed by atoms with Crippen LogP contribution in [0.15, 0.2) is 18.2 Å². The number of amides is 1. The lowest BCUT2D eigenvalue weighted by atomic mass is 10.1. The average molecular weight is 233 g/mol. The number of hydrogen-bond acceptors (Lipinski definition) is 3. The van der Waals surface area contributed by atoms with Crippen molar-refractivity contribution in [3.05, 3.63) is 23.8 Å². The normalized spacial score (nSPS) is 14.6. The molecule has 0 spiro atoms. The van der Waals surface area contributed by atoms with Gasteiger partial charge in [-0.3, -0.25) is 4.79 Å². The van der Waals surface area contributed by atoms with Gasteiger partial charge in [0.2, 0.25) is 0 Å². The third kappa shape index (κ3) is 2.70. The Balaban J connectivity index is 2.21. The maximum absolute atomic E-state index is 12.3. The number of nitrogen functional groups attached to an aromatic ring is 2. The fourth-order valence-corrected chi connectivity index (χ4v) is 2.04. The van der Waals surface area contributed by atoms with Crippen LogP contribution in [-0.2, 0) is 0 Å². The maximum atomic E-state index is 12.3. The van der Waals surface area contributed by atoms with Crippen LogP contribution in [0.5, 0.6) is 0 Å². The Morgan fingerprint density at radius 1 is 1.29 bits per heavy atom. The molecule has 92 valence electrons. The van der Waals surface area contributed by atoms with E-state index in [1.807, 2.05) is 4.90 Å². The van der Waals surface area contributed by atoms with E-state index in [0.29, 0.717) is 23.0 Å². The van der Waals surface area contributed by atoms with Gasteiger partial charge in [0.15, 0.2) is 0 Å². The summed E-state index contributed by atoms with van der Waals surface area (Å²) in [6.45, 7) is 2.88. The number of benzene rings is 1. The van der Waals surface area contributed by atoms with Crippen molar-refractivity contribution in [1.29, 1.82) is 0 Å². The predicted molar refractivity (Wildman–Crippen MR) is 69.6 cm³/mol. The molecular formula is C13H19N3O. The molecule has 0 aromatic heterocycles. The standard InChI is InChI=1S/C13H19N3O/c1-2-5-16(12-3-4-12)13(17)9-6-10(14)8-11(15)7-9/h6-8,12H,2-5,14-15H2,1H3. The summed E-state index contributed by atoms with van der Waals surface area (Å²) in [4.78, 5) is 14.3. The third-order valence-corrected chi connectivity index (χ3v) is 2.94. The summed E-state index contributed by atoms with van der Waals surface area (Å²) in [7, 11) is 0. The van der Waals surface area contributed by atoms with E-state index in [0.717, 1.165) is 25.8 Å². The van der Waals surface area contributed by atoms with Crippen molar-refractivity contribution in [3.63, 3.8) is 0 Å². The Kier molecular flexibility index (Phi) is 3.22. The van der Waals surface area contributed by atoms with Crippen LogP contribution < -0.4 is 11.5 Å². The fraction of sp³-hybridized carbons (Fsp3) is 0.462. The molecule has 0 saturated heterocycles. The number of rotatable bonds is 4. The summed E-state index contributed by atoms with van der Waals surface area (Å²) in [6, 6.07) is 5.48. The highest BCUT2D eigenvalue weighted by molar-refractivity contribution is 5.96. The molecular weight excluding hydrogens is 214 g/mol. The van der Waals surface area contributed by atoms with Crippen LogP contribution in [-0.4, -0.2) is 23.4 Å². The number of anilines is 2. The molecule has 1 aliphatic carbocycles. The molecule has 4 heteroatoms. The number of nitrogens with zero attached hydrogens (tertiary/aromatic N) is 1. The second-order valence-corrected chi connectivity index (χ2v) is 4.62. The van der Waals surface area contributed by atoms with Crippen LogP contribution in [0.3, 0.4) is 0 Å². The smallest absolute Gasteiger partial charge is 0.254 e. The minimum atomic E-state index is 0.0494. The molecule has 17 heavy (non-hydrogen) atoms. The highest BCUT2D eigenvalue weighted by atomic mass is 16.2. The molecule has 4 nitrogen and oxygen atoms in total. The lowest BCUT2D eigenvalue weighted by Gasteiger charge is -2.22. The van der Waals surface area contributed by atoms with Gasteiger partial charge in [-0.25, -0.2) is 0 Å². The zero-order chi connectivity index (χ0) is 12.4. The second kappa shape index (κ2) is 4.65. The fourth-order valence-electron chi connectivity index (χ4n) is 2.04. The summed E-state index contributed by atoms with van der Waals surface area (Å²) in [6.07, 6.45) is 3.20. The highest BCUT2D eigenvalue weighted by Gasteiger charge is 2.32. The van der Waals surface area contributed by atoms with Crippen molar-refractivity contribution in [1.82, 2.24) is 4.90 Å². The molecule has 0 radical (unpaired) electrons. The molecule has 0 aliphatic heterocycles. The van der Waals surface area contributed by atoms with Gasteiger partial charge in [-0.05, 0) is 37.5 Å². The van der Waals surface area contributed by atoms with Crippen molar-refractivity contribution in [2.24, 2.45) is 0 Å². The summed E-state index contributed by atoms with van der Waals surface area (Å²) < 4.78 is 0. The van der Waals surface area contributed by atoms with E-state index in [1.165, 1.54) is 0 Å². The van der Waals surface area contributed by atoms with Crippen LogP contribution >= 0.6 is 0 Å². The first-order valence-corrected chi connectivity index (χ1v) is 6.09. The van der Waals surface area contributed by atoms with Crippen molar-refractivity contribution in [3.8, 4) is 0 Å². The van der Waals surface area contributed by atoms with Gasteiger partial charge < -0.3 is 16.4 Å². The van der Waals surface area contributed by atoms with Gasteiger partial charge in [-0.1, -0.05) is 6.92 Å². The molecule has 0 atom stereocenters. The number of hydrogen-bond donors (Lipinski definition) is 2. The molecule has 0 bridgehead atoms. The zero-order valence-corrected chi connectivity index (χ0v) is 10.1. The molecule has 1 saturated carbocycles. The van der Waals surface area contributed by atoms with Crippen LogP contribution in [0.25, 0.3) is 0 Å². The van der Waals surface area contributed by atoms with E-state index in [9.17, 15) is 4.79 Å². The third-order valence-electron chi connectivity index (χ3n) is 2.94. The summed E-state index contributed by atoms with van der Waals surface area (Å²) >= 11 is 0. The van der Waals surface area contributed by atoms with Gasteiger partial charge in [-0.15, -0.1) is 0 Å². The van der Waals surface area contributed by atoms with Gasteiger partial charge in [0, 0.05) is 29.5 Å². The van der Waals surface area contributed by atoms with Gasteiger partial charge >= 0.3 is 0 Å². The molecule has 1 aliphatic rings. The minimum Gasteiger partial charge on any atom is -0.399 e. The van der Waals surface area contributed by atoms with E-state index in [2.05, 4.69) is 6.92 Å². The molecule has 0 heterocycles. The summed E-state index contributed by atoms with van der Waals surface area (Å²) in [5.41, 5.74) is 13.1. The quantitative estimate of drug-likeness (QED) is 0.780. The highest BCUT2D eigenvalue weighted by Crippen LogP contribution is 2.29. The van der Waals surface area contributed by atoms with Crippen LogP contribution in [0.2, 0.25) is 0 Å². The lowest BCUT2D eigenvalue weighted by Crippen LogP contribution is -2.33. The molecule has 2 rings (SSSR count). The van der Waals surface area contributed by atoms with Gasteiger partial charge in [0.1, 0.15) is 0 Å². The Bertz CT molecular complexity index is 406. The zero-order valence-electron chi connectivity index (χ0n) is 10.1. The summed E-state index contributed by atoms with van der Waals surface area (Å²) in [5.74, 6) is 0.0494. The number of nitrogens with two attached hydrogens (primary N) is 2. The first kappa shape index (κ1) is 11.8. The summed E-state index contributed by atoms with van der Waals surface area (Å²) in [5, 5.41) is 0. The lowest BCUT2D eigenvalue weighted by molar-refractivity contribution is 0.0743. The monoisotopic (exact) mass is 233 g/mol. The van der Waals surface area contributed by atoms with Crippen LogP contribution in [0.4, 0.5) is 11.4 Å². The Morgan fingerprint density at radius 3 is 2.35 bits per heavy atom. The second-order valence-electron chi connectivity index (χ2n) is 4.62. The number of carbonyl (C=O) groups is 1. The Morgan fingerprint density at radius 2 is 1.88 bits per heavy atom. The van der Waals surface area contributed by atoms with Crippen molar-refractivity contribution >= 4 is 17.3 Å². The molecule has 1 amide bonds. The molecule has 1 aromatic rings. The van der Waals surface area contributed by atoms with Crippen LogP contribution in [0.1, 0.15) is 36.5 Å².